The lowest BCUT2D eigenvalue weighted by molar-refractivity contribution is -0.120. The van der Waals surface area contributed by atoms with E-state index in [0.29, 0.717) is 31.4 Å². The molecule has 20 heavy (non-hydrogen) atoms. The van der Waals surface area contributed by atoms with Gasteiger partial charge in [-0.3, -0.25) is 4.68 Å². The number of ether oxygens (including phenoxy) is 2. The molecule has 2 N–H and O–H groups in total. The Labute approximate surface area is 125 Å². The van der Waals surface area contributed by atoms with Gasteiger partial charge in [0.05, 0.1) is 11.3 Å². The molecule has 0 bridgehead atoms. The summed E-state index contributed by atoms with van der Waals surface area (Å²) in [4.78, 5) is 0. The predicted molar refractivity (Wildman–Crippen MR) is 79.0 cm³/mol. The van der Waals surface area contributed by atoms with Crippen molar-refractivity contribution in [2.75, 3.05) is 19.8 Å². The zero-order chi connectivity index (χ0) is 14.8. The number of halogens is 1. The number of rotatable bonds is 5. The van der Waals surface area contributed by atoms with Crippen LogP contribution < -0.4 is 5.73 Å². The molecular weight excluding hydrogens is 278 g/mol. The number of aryl methyl sites for hydroxylation is 2. The van der Waals surface area contributed by atoms with Crippen molar-refractivity contribution in [3.63, 3.8) is 0 Å². The zero-order valence-electron chi connectivity index (χ0n) is 12.5. The molecule has 2 heterocycles. The summed E-state index contributed by atoms with van der Waals surface area (Å²) in [7, 11) is 1.84. The van der Waals surface area contributed by atoms with Gasteiger partial charge in [0.25, 0.3) is 0 Å². The molecule has 0 spiro atoms. The van der Waals surface area contributed by atoms with E-state index in [-0.39, 0.29) is 11.6 Å². The van der Waals surface area contributed by atoms with Gasteiger partial charge in [-0.25, -0.2) is 0 Å². The highest BCUT2D eigenvalue weighted by atomic mass is 35.5. The fraction of sp³-hybridized carbons (Fsp3) is 0.786. The number of nitrogens with two attached hydrogens (primary N) is 1. The van der Waals surface area contributed by atoms with E-state index in [1.54, 1.807) is 4.68 Å². The van der Waals surface area contributed by atoms with Crippen LogP contribution in [0.15, 0.2) is 0 Å². The predicted octanol–water partition coefficient (Wildman–Crippen LogP) is 1.84. The third kappa shape index (κ3) is 3.01. The highest BCUT2D eigenvalue weighted by Gasteiger charge is 2.40. The molecule has 1 aliphatic rings. The molecule has 114 valence electrons. The van der Waals surface area contributed by atoms with Crippen molar-refractivity contribution in [3.05, 3.63) is 16.4 Å². The second-order valence-electron chi connectivity index (χ2n) is 5.40. The highest BCUT2D eigenvalue weighted by Crippen LogP contribution is 2.31. The van der Waals surface area contributed by atoms with Crippen molar-refractivity contribution in [1.82, 2.24) is 9.78 Å². The largest absolute Gasteiger partial charge is 0.381 e. The molecule has 0 radical (unpaired) electrons. The Bertz CT molecular complexity index is 450. The van der Waals surface area contributed by atoms with E-state index in [9.17, 15) is 0 Å². The third-order valence-electron chi connectivity index (χ3n) is 4.14. The molecule has 6 heteroatoms. The van der Waals surface area contributed by atoms with E-state index in [1.165, 1.54) is 0 Å². The van der Waals surface area contributed by atoms with Crippen molar-refractivity contribution < 1.29 is 9.47 Å². The molecular formula is C14H24ClN3O2. The first kappa shape index (κ1) is 15.8. The SMILES string of the molecule is CCOC1(C(N)Cc2c(C)nn(C)c2Cl)CCOCC1. The molecule has 0 saturated carbocycles. The molecule has 1 aliphatic heterocycles. The van der Waals surface area contributed by atoms with Gasteiger partial charge in [0.1, 0.15) is 5.15 Å². The van der Waals surface area contributed by atoms with E-state index in [2.05, 4.69) is 5.10 Å². The van der Waals surface area contributed by atoms with Crippen molar-refractivity contribution in [3.8, 4) is 0 Å². The first-order valence-electron chi connectivity index (χ1n) is 7.15. The monoisotopic (exact) mass is 301 g/mol. The van der Waals surface area contributed by atoms with Crippen LogP contribution in [0.1, 0.15) is 31.0 Å². The lowest BCUT2D eigenvalue weighted by Gasteiger charge is -2.41. The Morgan fingerprint density at radius 3 is 2.65 bits per heavy atom. The number of nitrogens with zero attached hydrogens (tertiary/aromatic N) is 2. The van der Waals surface area contributed by atoms with Crippen molar-refractivity contribution in [2.24, 2.45) is 12.8 Å². The van der Waals surface area contributed by atoms with Gasteiger partial charge < -0.3 is 15.2 Å². The Hall–Kier alpha value is -0.620. The lowest BCUT2D eigenvalue weighted by Crippen LogP contribution is -2.54. The molecule has 1 unspecified atom stereocenters. The summed E-state index contributed by atoms with van der Waals surface area (Å²) in [6.07, 6.45) is 2.34. The number of hydrogen-bond donors (Lipinski definition) is 1. The van der Waals surface area contributed by atoms with Crippen LogP contribution in [0.5, 0.6) is 0 Å². The molecule has 0 aromatic carbocycles. The molecule has 0 aliphatic carbocycles. The smallest absolute Gasteiger partial charge is 0.130 e. The molecule has 0 amide bonds. The number of hydrogen-bond acceptors (Lipinski definition) is 4. The summed E-state index contributed by atoms with van der Waals surface area (Å²) in [5.74, 6) is 0. The van der Waals surface area contributed by atoms with Crippen LogP contribution in [0.4, 0.5) is 0 Å². The van der Waals surface area contributed by atoms with E-state index < -0.39 is 0 Å². The minimum Gasteiger partial charge on any atom is -0.381 e. The Kier molecular flexibility index (Phi) is 5.07. The summed E-state index contributed by atoms with van der Waals surface area (Å²) >= 11 is 6.30. The van der Waals surface area contributed by atoms with Crippen molar-refractivity contribution in [2.45, 2.75) is 44.8 Å². The van der Waals surface area contributed by atoms with Gasteiger partial charge in [-0.05, 0) is 20.3 Å². The van der Waals surface area contributed by atoms with Gasteiger partial charge in [-0.2, -0.15) is 5.10 Å². The Morgan fingerprint density at radius 2 is 2.15 bits per heavy atom. The summed E-state index contributed by atoms with van der Waals surface area (Å²) in [6.45, 7) is 6.03. The van der Waals surface area contributed by atoms with Crippen LogP contribution in [-0.4, -0.2) is 41.2 Å². The molecule has 1 fully saturated rings. The van der Waals surface area contributed by atoms with Crippen molar-refractivity contribution >= 4 is 11.6 Å². The van der Waals surface area contributed by atoms with E-state index in [4.69, 9.17) is 26.8 Å². The van der Waals surface area contributed by atoms with Gasteiger partial charge in [-0.15, -0.1) is 0 Å². The average Bonchev–Trinajstić information content (AvgIpc) is 2.67. The summed E-state index contributed by atoms with van der Waals surface area (Å²) < 4.78 is 13.2. The second-order valence-corrected chi connectivity index (χ2v) is 5.76. The van der Waals surface area contributed by atoms with E-state index in [0.717, 1.165) is 24.1 Å². The highest BCUT2D eigenvalue weighted by molar-refractivity contribution is 6.30. The molecule has 2 rings (SSSR count). The van der Waals surface area contributed by atoms with Gasteiger partial charge >= 0.3 is 0 Å². The summed E-state index contributed by atoms with van der Waals surface area (Å²) in [6, 6.07) is -0.105. The van der Waals surface area contributed by atoms with Gasteiger partial charge in [-0.1, -0.05) is 11.6 Å². The summed E-state index contributed by atoms with van der Waals surface area (Å²) in [5, 5.41) is 5.00. The topological polar surface area (TPSA) is 62.3 Å². The standard InChI is InChI=1S/C14H24ClN3O2/c1-4-20-14(5-7-19-8-6-14)12(16)9-11-10(2)17-18(3)13(11)15/h12H,4-9,16H2,1-3H3. The fourth-order valence-electron chi connectivity index (χ4n) is 2.94. The third-order valence-corrected chi connectivity index (χ3v) is 4.61. The average molecular weight is 302 g/mol. The maximum atomic E-state index is 6.47. The summed E-state index contributed by atoms with van der Waals surface area (Å²) in [5.41, 5.74) is 8.12. The van der Waals surface area contributed by atoms with Gasteiger partial charge in [0, 0.05) is 51.3 Å². The Morgan fingerprint density at radius 1 is 1.50 bits per heavy atom. The van der Waals surface area contributed by atoms with Crippen LogP contribution in [-0.2, 0) is 22.9 Å². The zero-order valence-corrected chi connectivity index (χ0v) is 13.2. The minimum atomic E-state index is -0.307. The second kappa shape index (κ2) is 6.43. The normalized spacial score (nSPS) is 20.1. The van der Waals surface area contributed by atoms with E-state index >= 15 is 0 Å². The van der Waals surface area contributed by atoms with Crippen LogP contribution in [0.3, 0.4) is 0 Å². The van der Waals surface area contributed by atoms with E-state index in [1.807, 2.05) is 20.9 Å². The minimum absolute atomic E-state index is 0.105. The van der Waals surface area contributed by atoms with Gasteiger partial charge in [0.15, 0.2) is 0 Å². The van der Waals surface area contributed by atoms with Crippen LogP contribution in [0.25, 0.3) is 0 Å². The fourth-order valence-corrected chi connectivity index (χ4v) is 3.19. The maximum Gasteiger partial charge on any atom is 0.130 e. The molecule has 1 aromatic rings. The Balaban J connectivity index is 2.17. The first-order chi connectivity index (χ1) is 9.50. The van der Waals surface area contributed by atoms with Crippen LogP contribution in [0, 0.1) is 6.92 Å². The lowest BCUT2D eigenvalue weighted by atomic mass is 9.83. The molecule has 5 nitrogen and oxygen atoms in total. The van der Waals surface area contributed by atoms with Crippen molar-refractivity contribution in [1.29, 1.82) is 0 Å². The maximum absolute atomic E-state index is 6.47. The van der Waals surface area contributed by atoms with Crippen LogP contribution >= 0.6 is 11.6 Å². The molecule has 1 aromatic heterocycles. The van der Waals surface area contributed by atoms with Crippen LogP contribution in [0.2, 0.25) is 5.15 Å². The first-order valence-corrected chi connectivity index (χ1v) is 7.53. The van der Waals surface area contributed by atoms with Gasteiger partial charge in [0.2, 0.25) is 0 Å². The number of aromatic nitrogens is 2. The molecule has 1 atom stereocenters. The quantitative estimate of drug-likeness (QED) is 0.901. The molecule has 1 saturated heterocycles.